The van der Waals surface area contributed by atoms with Crippen molar-refractivity contribution in [3.8, 4) is 0 Å². The van der Waals surface area contributed by atoms with Crippen LogP contribution in [0.4, 0.5) is 0 Å². The molecule has 2 heteroatoms. The molecular formula is C12H7ClO. The van der Waals surface area contributed by atoms with Crippen LogP contribution in [0.5, 0.6) is 0 Å². The summed E-state index contributed by atoms with van der Waals surface area (Å²) < 4.78 is 5.65. The second-order valence-electron chi connectivity index (χ2n) is 3.21. The molecule has 3 rings (SSSR count). The van der Waals surface area contributed by atoms with Crippen molar-refractivity contribution in [3.05, 3.63) is 47.5 Å². The highest BCUT2D eigenvalue weighted by atomic mass is 35.5. The molecule has 0 unspecified atom stereocenters. The van der Waals surface area contributed by atoms with Gasteiger partial charge < -0.3 is 4.42 Å². The zero-order valence-electron chi connectivity index (χ0n) is 7.33. The first-order chi connectivity index (χ1) is 6.86. The standard InChI is InChI=1S/C12H7ClO/c13-9-5-3-7-11-12(9)8-4-1-2-6-10(8)14-11/h1-7H. The predicted octanol–water partition coefficient (Wildman–Crippen LogP) is 4.24. The van der Waals surface area contributed by atoms with E-state index in [-0.39, 0.29) is 0 Å². The molecule has 0 aliphatic rings. The first-order valence-corrected chi connectivity index (χ1v) is 4.80. The molecule has 1 heterocycles. The van der Waals surface area contributed by atoms with Gasteiger partial charge in [0.2, 0.25) is 0 Å². The third-order valence-electron chi connectivity index (χ3n) is 2.35. The molecule has 68 valence electrons. The zero-order chi connectivity index (χ0) is 9.54. The van der Waals surface area contributed by atoms with Crippen molar-refractivity contribution in [2.75, 3.05) is 0 Å². The van der Waals surface area contributed by atoms with E-state index in [1.165, 1.54) is 0 Å². The summed E-state index contributed by atoms with van der Waals surface area (Å²) >= 11 is 6.12. The Balaban J connectivity index is 2.65. The van der Waals surface area contributed by atoms with E-state index >= 15 is 0 Å². The van der Waals surface area contributed by atoms with E-state index in [0.717, 1.165) is 27.0 Å². The molecule has 0 amide bonds. The van der Waals surface area contributed by atoms with Crippen LogP contribution in [-0.2, 0) is 0 Å². The van der Waals surface area contributed by atoms with Gasteiger partial charge >= 0.3 is 0 Å². The van der Waals surface area contributed by atoms with Crippen molar-refractivity contribution in [1.82, 2.24) is 0 Å². The fourth-order valence-electron chi connectivity index (χ4n) is 1.73. The Hall–Kier alpha value is -1.47. The van der Waals surface area contributed by atoms with Crippen molar-refractivity contribution in [3.63, 3.8) is 0 Å². The zero-order valence-corrected chi connectivity index (χ0v) is 8.08. The summed E-state index contributed by atoms with van der Waals surface area (Å²) in [5.74, 6) is 0. The largest absolute Gasteiger partial charge is 0.456 e. The van der Waals surface area contributed by atoms with Crippen LogP contribution in [0.25, 0.3) is 21.9 Å². The summed E-state index contributed by atoms with van der Waals surface area (Å²) in [6.07, 6.45) is 0. The lowest BCUT2D eigenvalue weighted by molar-refractivity contribution is 0.669. The highest BCUT2D eigenvalue weighted by Crippen LogP contribution is 2.33. The van der Waals surface area contributed by atoms with Gasteiger partial charge in [-0.25, -0.2) is 0 Å². The average Bonchev–Trinajstić information content (AvgIpc) is 2.57. The molecular weight excluding hydrogens is 196 g/mol. The molecule has 0 bridgehead atoms. The van der Waals surface area contributed by atoms with Gasteiger partial charge in [-0.15, -0.1) is 0 Å². The van der Waals surface area contributed by atoms with E-state index in [4.69, 9.17) is 16.0 Å². The number of hydrogen-bond acceptors (Lipinski definition) is 1. The number of furan rings is 1. The minimum absolute atomic E-state index is 0.743. The number of fused-ring (bicyclic) bond motifs is 3. The fourth-order valence-corrected chi connectivity index (χ4v) is 2.00. The van der Waals surface area contributed by atoms with Crippen LogP contribution in [0.2, 0.25) is 5.02 Å². The van der Waals surface area contributed by atoms with E-state index in [1.807, 2.05) is 42.5 Å². The maximum Gasteiger partial charge on any atom is 0.136 e. The first kappa shape index (κ1) is 7.89. The van der Waals surface area contributed by atoms with Crippen molar-refractivity contribution < 1.29 is 4.42 Å². The molecule has 0 atom stereocenters. The Morgan fingerprint density at radius 3 is 2.57 bits per heavy atom. The molecule has 0 fully saturated rings. The first-order valence-electron chi connectivity index (χ1n) is 4.42. The monoisotopic (exact) mass is 202 g/mol. The molecule has 1 nitrogen and oxygen atoms in total. The van der Waals surface area contributed by atoms with Gasteiger partial charge in [0.15, 0.2) is 0 Å². The minimum Gasteiger partial charge on any atom is -0.456 e. The van der Waals surface area contributed by atoms with Crippen molar-refractivity contribution in [2.45, 2.75) is 0 Å². The van der Waals surface area contributed by atoms with Gasteiger partial charge in [-0.2, -0.15) is 0 Å². The Bertz CT molecular complexity index is 610. The topological polar surface area (TPSA) is 13.1 Å². The van der Waals surface area contributed by atoms with Crippen LogP contribution in [-0.4, -0.2) is 0 Å². The Morgan fingerprint density at radius 1 is 0.857 bits per heavy atom. The lowest BCUT2D eigenvalue weighted by Gasteiger charge is -1.91. The molecule has 0 radical (unpaired) electrons. The van der Waals surface area contributed by atoms with Crippen molar-refractivity contribution >= 4 is 33.5 Å². The van der Waals surface area contributed by atoms with E-state index in [9.17, 15) is 0 Å². The van der Waals surface area contributed by atoms with Crippen LogP contribution < -0.4 is 0 Å². The Labute approximate surface area is 85.9 Å². The summed E-state index contributed by atoms with van der Waals surface area (Å²) in [7, 11) is 0. The molecule has 0 spiro atoms. The van der Waals surface area contributed by atoms with E-state index in [0.29, 0.717) is 0 Å². The Morgan fingerprint density at radius 2 is 1.64 bits per heavy atom. The molecule has 0 N–H and O–H groups in total. The summed E-state index contributed by atoms with van der Waals surface area (Å²) in [6, 6.07) is 13.6. The average molecular weight is 203 g/mol. The molecule has 0 aliphatic heterocycles. The number of rotatable bonds is 0. The third kappa shape index (κ3) is 0.962. The van der Waals surface area contributed by atoms with Gasteiger partial charge in [0, 0.05) is 10.8 Å². The summed E-state index contributed by atoms with van der Waals surface area (Å²) in [6.45, 7) is 0. The normalized spacial score (nSPS) is 11.2. The molecule has 2 aromatic carbocycles. The van der Waals surface area contributed by atoms with Gasteiger partial charge in [0.05, 0.1) is 5.02 Å². The molecule has 1 aromatic heterocycles. The van der Waals surface area contributed by atoms with Crippen molar-refractivity contribution in [2.24, 2.45) is 0 Å². The highest BCUT2D eigenvalue weighted by molar-refractivity contribution is 6.37. The summed E-state index contributed by atoms with van der Waals surface area (Å²) in [5.41, 5.74) is 1.73. The van der Waals surface area contributed by atoms with E-state index in [2.05, 4.69) is 0 Å². The van der Waals surface area contributed by atoms with Crippen LogP contribution in [0, 0.1) is 0 Å². The van der Waals surface area contributed by atoms with Gasteiger partial charge in [-0.3, -0.25) is 0 Å². The van der Waals surface area contributed by atoms with E-state index in [1.54, 1.807) is 0 Å². The second kappa shape index (κ2) is 2.76. The molecule has 3 aromatic rings. The minimum atomic E-state index is 0.743. The summed E-state index contributed by atoms with van der Waals surface area (Å²) in [5, 5.41) is 2.82. The van der Waals surface area contributed by atoms with Crippen molar-refractivity contribution in [1.29, 1.82) is 0 Å². The predicted molar refractivity (Wildman–Crippen MR) is 58.7 cm³/mol. The fraction of sp³-hybridized carbons (Fsp3) is 0. The number of benzene rings is 2. The van der Waals surface area contributed by atoms with Gasteiger partial charge in [0.25, 0.3) is 0 Å². The second-order valence-corrected chi connectivity index (χ2v) is 3.62. The molecule has 0 saturated heterocycles. The highest BCUT2D eigenvalue weighted by Gasteiger charge is 2.07. The van der Waals surface area contributed by atoms with Crippen LogP contribution in [0.1, 0.15) is 0 Å². The van der Waals surface area contributed by atoms with Gasteiger partial charge in [0.1, 0.15) is 11.2 Å². The van der Waals surface area contributed by atoms with Gasteiger partial charge in [-0.1, -0.05) is 35.9 Å². The maximum atomic E-state index is 6.12. The smallest absolute Gasteiger partial charge is 0.136 e. The Kier molecular flexibility index (Phi) is 1.55. The lowest BCUT2D eigenvalue weighted by Crippen LogP contribution is -1.67. The van der Waals surface area contributed by atoms with Crippen LogP contribution >= 0.6 is 11.6 Å². The van der Waals surface area contributed by atoms with E-state index < -0.39 is 0 Å². The van der Waals surface area contributed by atoms with Gasteiger partial charge in [-0.05, 0) is 18.2 Å². The quantitative estimate of drug-likeness (QED) is 0.532. The third-order valence-corrected chi connectivity index (χ3v) is 2.67. The number of hydrogen-bond donors (Lipinski definition) is 0. The molecule has 14 heavy (non-hydrogen) atoms. The maximum absolute atomic E-state index is 6.12. The SMILES string of the molecule is Clc1cccc2oc3ccccc3c12. The van der Waals surface area contributed by atoms with Crippen LogP contribution in [0.15, 0.2) is 46.9 Å². The number of halogens is 1. The lowest BCUT2D eigenvalue weighted by atomic mass is 10.1. The molecule has 0 aliphatic carbocycles. The van der Waals surface area contributed by atoms with Crippen LogP contribution in [0.3, 0.4) is 0 Å². The number of para-hydroxylation sites is 1. The summed E-state index contributed by atoms with van der Waals surface area (Å²) in [4.78, 5) is 0. The molecule has 0 saturated carbocycles.